The lowest BCUT2D eigenvalue weighted by molar-refractivity contribution is -0.385. The first kappa shape index (κ1) is 15.5. The molecule has 0 heterocycles. The van der Waals surface area contributed by atoms with Gasteiger partial charge in [-0.1, -0.05) is 6.07 Å². The number of nitro benzene ring substituents is 1. The average molecular weight is 323 g/mol. The molecule has 0 bridgehead atoms. The highest BCUT2D eigenvalue weighted by atomic mass is 32.2. The topological polar surface area (TPSA) is 142 Å². The van der Waals surface area contributed by atoms with Crippen molar-refractivity contribution in [2.75, 3.05) is 0 Å². The first-order chi connectivity index (χ1) is 10.3. The first-order valence-electron chi connectivity index (χ1n) is 5.74. The molecule has 9 nitrogen and oxygen atoms in total. The number of azo groups is 1. The summed E-state index contributed by atoms with van der Waals surface area (Å²) in [6.45, 7) is 0. The zero-order valence-electron chi connectivity index (χ0n) is 10.8. The molecule has 0 unspecified atom stereocenters. The number of benzene rings is 2. The van der Waals surface area contributed by atoms with Gasteiger partial charge in [0.25, 0.3) is 10.1 Å². The number of nitrogens with zero attached hydrogens (tertiary/aromatic N) is 3. The summed E-state index contributed by atoms with van der Waals surface area (Å²) in [6.07, 6.45) is 0. The second-order valence-electron chi connectivity index (χ2n) is 4.10. The van der Waals surface area contributed by atoms with E-state index in [1.165, 1.54) is 24.3 Å². The maximum atomic E-state index is 11.0. The molecule has 2 rings (SSSR count). The van der Waals surface area contributed by atoms with E-state index in [2.05, 4.69) is 10.2 Å². The van der Waals surface area contributed by atoms with Crippen molar-refractivity contribution in [3.8, 4) is 5.75 Å². The van der Waals surface area contributed by atoms with Gasteiger partial charge in [-0.2, -0.15) is 18.6 Å². The van der Waals surface area contributed by atoms with Crippen molar-refractivity contribution in [2.24, 2.45) is 10.2 Å². The fourth-order valence-electron chi connectivity index (χ4n) is 1.54. The minimum Gasteiger partial charge on any atom is -0.502 e. The van der Waals surface area contributed by atoms with Crippen LogP contribution in [0.1, 0.15) is 0 Å². The summed E-state index contributed by atoms with van der Waals surface area (Å²) >= 11 is 0. The van der Waals surface area contributed by atoms with Crippen molar-refractivity contribution >= 4 is 27.2 Å². The predicted octanol–water partition coefficient (Wildman–Crippen LogP) is 2.96. The Bertz CT molecular complexity index is 863. The minimum absolute atomic E-state index is 0.0989. The molecule has 0 spiro atoms. The van der Waals surface area contributed by atoms with E-state index in [0.717, 1.165) is 18.2 Å². The van der Waals surface area contributed by atoms with Gasteiger partial charge >= 0.3 is 5.69 Å². The molecule has 2 N–H and O–H groups in total. The van der Waals surface area contributed by atoms with Gasteiger partial charge in [-0.15, -0.1) is 0 Å². The molecule has 0 radical (unpaired) electrons. The Labute approximate surface area is 124 Å². The minimum atomic E-state index is -4.36. The van der Waals surface area contributed by atoms with E-state index < -0.39 is 26.5 Å². The summed E-state index contributed by atoms with van der Waals surface area (Å²) in [4.78, 5) is 9.56. The van der Waals surface area contributed by atoms with Gasteiger partial charge < -0.3 is 5.11 Å². The summed E-state index contributed by atoms with van der Waals surface area (Å²) in [7, 11) is -4.36. The number of phenols is 1. The standard InChI is InChI=1S/C12H9N3O6S/c16-12-5-4-9(7-11(12)15(17)18)14-13-8-2-1-3-10(6-8)22(19,20)21/h1-7,16H,(H,19,20,21). The quantitative estimate of drug-likeness (QED) is 0.383. The zero-order valence-corrected chi connectivity index (χ0v) is 11.6. The Hall–Kier alpha value is -2.85. The second kappa shape index (κ2) is 5.87. The molecule has 2 aromatic carbocycles. The molecule has 0 amide bonds. The van der Waals surface area contributed by atoms with E-state index in [1.807, 2.05) is 0 Å². The molecule has 0 aliphatic rings. The molecular weight excluding hydrogens is 314 g/mol. The van der Waals surface area contributed by atoms with Crippen LogP contribution in [0.15, 0.2) is 57.6 Å². The van der Waals surface area contributed by atoms with Crippen LogP contribution >= 0.6 is 0 Å². The fraction of sp³-hybridized carbons (Fsp3) is 0. The van der Waals surface area contributed by atoms with Crippen molar-refractivity contribution in [1.82, 2.24) is 0 Å². The van der Waals surface area contributed by atoms with Crippen LogP contribution in [0, 0.1) is 10.1 Å². The van der Waals surface area contributed by atoms with Gasteiger partial charge in [-0.3, -0.25) is 14.7 Å². The van der Waals surface area contributed by atoms with E-state index in [0.29, 0.717) is 0 Å². The van der Waals surface area contributed by atoms with Gasteiger partial charge in [0.1, 0.15) is 0 Å². The van der Waals surface area contributed by atoms with Crippen LogP contribution in [0.2, 0.25) is 0 Å². The van der Waals surface area contributed by atoms with Crippen molar-refractivity contribution in [2.45, 2.75) is 4.90 Å². The Balaban J connectivity index is 2.33. The molecule has 0 saturated heterocycles. The molecule has 22 heavy (non-hydrogen) atoms. The number of rotatable bonds is 4. The van der Waals surface area contributed by atoms with Crippen molar-refractivity contribution in [1.29, 1.82) is 0 Å². The highest BCUT2D eigenvalue weighted by molar-refractivity contribution is 7.85. The van der Waals surface area contributed by atoms with E-state index >= 15 is 0 Å². The van der Waals surface area contributed by atoms with Crippen molar-refractivity contribution < 1.29 is 23.0 Å². The first-order valence-corrected chi connectivity index (χ1v) is 7.18. The molecule has 0 saturated carbocycles. The Morgan fingerprint density at radius 3 is 2.27 bits per heavy atom. The molecule has 0 atom stereocenters. The largest absolute Gasteiger partial charge is 0.502 e. The monoisotopic (exact) mass is 323 g/mol. The van der Waals surface area contributed by atoms with Gasteiger partial charge in [-0.25, -0.2) is 0 Å². The molecule has 0 fully saturated rings. The van der Waals surface area contributed by atoms with Crippen molar-refractivity contribution in [3.63, 3.8) is 0 Å². The average Bonchev–Trinajstić information content (AvgIpc) is 2.45. The molecule has 2 aromatic rings. The SMILES string of the molecule is O=[N+]([O-])c1cc(N=Nc2cccc(S(=O)(=O)O)c2)ccc1O. The lowest BCUT2D eigenvalue weighted by Crippen LogP contribution is -1.96. The summed E-state index contributed by atoms with van der Waals surface area (Å²) in [5, 5.41) is 27.4. The van der Waals surface area contributed by atoms with Gasteiger partial charge in [0.15, 0.2) is 5.75 Å². The van der Waals surface area contributed by atoms with E-state index in [-0.39, 0.29) is 16.3 Å². The highest BCUT2D eigenvalue weighted by Crippen LogP contribution is 2.30. The maximum absolute atomic E-state index is 11.0. The fourth-order valence-corrected chi connectivity index (χ4v) is 2.06. The van der Waals surface area contributed by atoms with Crippen molar-refractivity contribution in [3.05, 3.63) is 52.6 Å². The third kappa shape index (κ3) is 3.62. The molecular formula is C12H9N3O6S. The van der Waals surface area contributed by atoms with E-state index in [1.54, 1.807) is 0 Å². The molecule has 114 valence electrons. The smallest absolute Gasteiger partial charge is 0.312 e. The van der Waals surface area contributed by atoms with E-state index in [4.69, 9.17) is 4.55 Å². The molecule has 0 aromatic heterocycles. The third-order valence-corrected chi connectivity index (χ3v) is 3.40. The Morgan fingerprint density at radius 2 is 1.68 bits per heavy atom. The van der Waals surface area contributed by atoms with Crippen LogP contribution in [-0.2, 0) is 10.1 Å². The number of hydrogen-bond acceptors (Lipinski definition) is 7. The van der Waals surface area contributed by atoms with Crippen LogP contribution in [0.5, 0.6) is 5.75 Å². The number of aromatic hydroxyl groups is 1. The van der Waals surface area contributed by atoms with Crippen LogP contribution in [0.3, 0.4) is 0 Å². The lowest BCUT2D eigenvalue weighted by Gasteiger charge is -1.98. The van der Waals surface area contributed by atoms with Gasteiger partial charge in [0, 0.05) is 6.07 Å². The Kier molecular flexibility index (Phi) is 4.15. The predicted molar refractivity (Wildman–Crippen MR) is 75.2 cm³/mol. The zero-order chi connectivity index (χ0) is 16.3. The van der Waals surface area contributed by atoms with Gasteiger partial charge in [0.05, 0.1) is 21.2 Å². The molecule has 10 heteroatoms. The van der Waals surface area contributed by atoms with Crippen LogP contribution in [0.25, 0.3) is 0 Å². The summed E-state index contributed by atoms with van der Waals surface area (Å²) in [5.41, 5.74) is -0.296. The van der Waals surface area contributed by atoms with E-state index in [9.17, 15) is 23.6 Å². The Morgan fingerprint density at radius 1 is 1.05 bits per heavy atom. The highest BCUT2D eigenvalue weighted by Gasteiger charge is 2.13. The van der Waals surface area contributed by atoms with Crippen LogP contribution in [-0.4, -0.2) is 23.0 Å². The van der Waals surface area contributed by atoms with Crippen LogP contribution in [0.4, 0.5) is 17.1 Å². The maximum Gasteiger partial charge on any atom is 0.312 e. The molecule has 0 aliphatic heterocycles. The van der Waals surface area contributed by atoms with Gasteiger partial charge in [-0.05, 0) is 30.3 Å². The lowest BCUT2D eigenvalue weighted by atomic mass is 10.2. The third-order valence-electron chi connectivity index (χ3n) is 2.55. The summed E-state index contributed by atoms with van der Waals surface area (Å²) < 4.78 is 30.9. The number of phenolic OH excluding ortho intramolecular Hbond substituents is 1. The normalized spacial score (nSPS) is 11.7. The number of hydrogen-bond donors (Lipinski definition) is 2. The summed E-state index contributed by atoms with van der Waals surface area (Å²) in [5.74, 6) is -0.502. The second-order valence-corrected chi connectivity index (χ2v) is 5.52. The number of nitro groups is 1. The summed E-state index contributed by atoms with van der Waals surface area (Å²) in [6, 6.07) is 8.49. The molecule has 0 aliphatic carbocycles. The van der Waals surface area contributed by atoms with Gasteiger partial charge in [0.2, 0.25) is 0 Å². The van der Waals surface area contributed by atoms with Crippen LogP contribution < -0.4 is 0 Å².